The number of anilines is 1. The summed E-state index contributed by atoms with van der Waals surface area (Å²) in [4.78, 5) is 0. The molecule has 0 aliphatic rings. The average molecular weight is 293 g/mol. The van der Waals surface area contributed by atoms with Crippen LogP contribution in [0.15, 0.2) is 12.1 Å². The van der Waals surface area contributed by atoms with Crippen LogP contribution in [0.5, 0.6) is 0 Å². The molecule has 1 N–H and O–H groups in total. The highest BCUT2D eigenvalue weighted by Gasteiger charge is 2.20. The van der Waals surface area contributed by atoms with Crippen LogP contribution in [0.4, 0.5) is 5.82 Å². The van der Waals surface area contributed by atoms with Gasteiger partial charge in [0.2, 0.25) is 0 Å². The largest absolute Gasteiger partial charge is 0.302 e. The fourth-order valence-corrected chi connectivity index (χ4v) is 2.87. The van der Waals surface area contributed by atoms with E-state index in [1.54, 1.807) is 0 Å². The summed E-state index contributed by atoms with van der Waals surface area (Å²) in [5.41, 5.74) is 0. The van der Waals surface area contributed by atoms with E-state index in [0.717, 1.165) is 12.8 Å². The van der Waals surface area contributed by atoms with Gasteiger partial charge >= 0.3 is 10.2 Å². The van der Waals surface area contributed by atoms with Crippen molar-refractivity contribution >= 4 is 27.6 Å². The van der Waals surface area contributed by atoms with E-state index in [2.05, 4.69) is 14.9 Å². The van der Waals surface area contributed by atoms with Crippen molar-refractivity contribution in [2.24, 2.45) is 0 Å². The number of nitrogens with zero attached hydrogens (tertiary/aromatic N) is 3. The van der Waals surface area contributed by atoms with Crippen molar-refractivity contribution in [2.75, 3.05) is 17.8 Å². The molecular formula is C10H17ClN4O2S. The fourth-order valence-electron chi connectivity index (χ4n) is 1.42. The predicted molar refractivity (Wildman–Crippen MR) is 71.7 cm³/mol. The van der Waals surface area contributed by atoms with Crippen molar-refractivity contribution in [1.29, 1.82) is 0 Å². The molecule has 8 heteroatoms. The maximum absolute atomic E-state index is 12.1. The summed E-state index contributed by atoms with van der Waals surface area (Å²) in [6.45, 7) is 4.81. The summed E-state index contributed by atoms with van der Waals surface area (Å²) in [6.07, 6.45) is 1.51. The highest BCUT2D eigenvalue weighted by Crippen LogP contribution is 2.11. The van der Waals surface area contributed by atoms with E-state index in [1.165, 1.54) is 16.4 Å². The lowest BCUT2D eigenvalue weighted by atomic mass is 10.4. The van der Waals surface area contributed by atoms with Gasteiger partial charge in [-0.2, -0.15) is 12.7 Å². The van der Waals surface area contributed by atoms with Gasteiger partial charge in [0.1, 0.15) is 0 Å². The van der Waals surface area contributed by atoms with Crippen molar-refractivity contribution in [3.05, 3.63) is 17.3 Å². The zero-order chi connectivity index (χ0) is 13.6. The van der Waals surface area contributed by atoms with E-state index >= 15 is 0 Å². The van der Waals surface area contributed by atoms with Crippen LogP contribution in [0.3, 0.4) is 0 Å². The minimum Gasteiger partial charge on any atom is -0.253 e. The second-order valence-corrected chi connectivity index (χ2v) is 5.81. The lowest BCUT2D eigenvalue weighted by molar-refractivity contribution is 0.413. The number of rotatable bonds is 7. The Morgan fingerprint density at radius 3 is 2.28 bits per heavy atom. The highest BCUT2D eigenvalue weighted by atomic mass is 35.5. The van der Waals surface area contributed by atoms with Crippen LogP contribution in [-0.4, -0.2) is 36.0 Å². The van der Waals surface area contributed by atoms with Crippen molar-refractivity contribution in [1.82, 2.24) is 14.5 Å². The van der Waals surface area contributed by atoms with Crippen molar-refractivity contribution in [3.63, 3.8) is 0 Å². The van der Waals surface area contributed by atoms with Gasteiger partial charge < -0.3 is 0 Å². The summed E-state index contributed by atoms with van der Waals surface area (Å²) >= 11 is 5.58. The van der Waals surface area contributed by atoms with E-state index in [1.807, 2.05) is 13.8 Å². The van der Waals surface area contributed by atoms with Crippen LogP contribution in [-0.2, 0) is 10.2 Å². The van der Waals surface area contributed by atoms with Crippen LogP contribution in [0.2, 0.25) is 5.15 Å². The maximum Gasteiger partial charge on any atom is 0.302 e. The molecule has 0 aliphatic heterocycles. The Morgan fingerprint density at radius 2 is 1.83 bits per heavy atom. The summed E-state index contributed by atoms with van der Waals surface area (Å²) in [6, 6.07) is 2.96. The molecule has 0 aromatic carbocycles. The van der Waals surface area contributed by atoms with Crippen LogP contribution >= 0.6 is 11.6 Å². The lowest BCUT2D eigenvalue weighted by Gasteiger charge is -2.21. The first-order valence-electron chi connectivity index (χ1n) is 5.76. The molecule has 102 valence electrons. The van der Waals surface area contributed by atoms with E-state index in [4.69, 9.17) is 11.6 Å². The SMILES string of the molecule is CCCN(CCC)S(=O)(=O)Nc1ccc(Cl)nn1. The lowest BCUT2D eigenvalue weighted by Crippen LogP contribution is -2.37. The Labute approximate surface area is 113 Å². The highest BCUT2D eigenvalue weighted by molar-refractivity contribution is 7.90. The molecule has 0 saturated heterocycles. The van der Waals surface area contributed by atoms with Crippen LogP contribution in [0.1, 0.15) is 26.7 Å². The topological polar surface area (TPSA) is 75.2 Å². The number of nitrogens with one attached hydrogen (secondary N) is 1. The first-order valence-corrected chi connectivity index (χ1v) is 7.58. The predicted octanol–water partition coefficient (Wildman–Crippen LogP) is 1.91. The number of aromatic nitrogens is 2. The Balaban J connectivity index is 2.81. The van der Waals surface area contributed by atoms with Gasteiger partial charge in [0.15, 0.2) is 11.0 Å². The molecule has 1 rings (SSSR count). The molecule has 0 bridgehead atoms. The Hall–Kier alpha value is -0.920. The third kappa shape index (κ3) is 4.40. The molecule has 0 aliphatic carbocycles. The standard InChI is InChI=1S/C10H17ClN4O2S/c1-3-7-15(8-4-2)18(16,17)14-10-6-5-9(11)12-13-10/h5-6H,3-4,7-8H2,1-2H3,(H,13,14). The molecule has 18 heavy (non-hydrogen) atoms. The zero-order valence-corrected chi connectivity index (χ0v) is 12.0. The van der Waals surface area contributed by atoms with Gasteiger partial charge in [0, 0.05) is 13.1 Å². The molecule has 0 radical (unpaired) electrons. The number of halogens is 1. The van der Waals surface area contributed by atoms with Crippen molar-refractivity contribution in [3.8, 4) is 0 Å². The Bertz CT molecular complexity index is 457. The maximum atomic E-state index is 12.1. The monoisotopic (exact) mass is 292 g/mol. The third-order valence-electron chi connectivity index (χ3n) is 2.15. The first-order chi connectivity index (χ1) is 8.49. The molecule has 6 nitrogen and oxygen atoms in total. The summed E-state index contributed by atoms with van der Waals surface area (Å²) in [5, 5.41) is 7.47. The van der Waals surface area contributed by atoms with Gasteiger partial charge in [-0.3, -0.25) is 4.72 Å². The molecule has 0 spiro atoms. The van der Waals surface area contributed by atoms with Gasteiger partial charge in [-0.15, -0.1) is 10.2 Å². The van der Waals surface area contributed by atoms with Crippen LogP contribution in [0, 0.1) is 0 Å². The molecule has 0 amide bonds. The molecule has 0 unspecified atom stereocenters. The number of hydrogen-bond donors (Lipinski definition) is 1. The van der Waals surface area contributed by atoms with E-state index < -0.39 is 10.2 Å². The second-order valence-electron chi connectivity index (χ2n) is 3.75. The molecule has 0 saturated carbocycles. The number of hydrogen-bond acceptors (Lipinski definition) is 4. The van der Waals surface area contributed by atoms with E-state index in [-0.39, 0.29) is 11.0 Å². The van der Waals surface area contributed by atoms with Crippen molar-refractivity contribution < 1.29 is 8.42 Å². The smallest absolute Gasteiger partial charge is 0.253 e. The zero-order valence-electron chi connectivity index (χ0n) is 10.4. The minimum atomic E-state index is -3.57. The summed E-state index contributed by atoms with van der Waals surface area (Å²) < 4.78 is 27.9. The van der Waals surface area contributed by atoms with E-state index in [9.17, 15) is 8.42 Å². The van der Waals surface area contributed by atoms with Crippen LogP contribution < -0.4 is 4.72 Å². The van der Waals surface area contributed by atoms with Crippen molar-refractivity contribution in [2.45, 2.75) is 26.7 Å². The van der Waals surface area contributed by atoms with Gasteiger partial charge in [0.25, 0.3) is 0 Å². The average Bonchev–Trinajstić information content (AvgIpc) is 2.32. The second kappa shape index (κ2) is 6.86. The van der Waals surface area contributed by atoms with E-state index in [0.29, 0.717) is 13.1 Å². The molecular weight excluding hydrogens is 276 g/mol. The first kappa shape index (κ1) is 15.1. The Morgan fingerprint density at radius 1 is 1.22 bits per heavy atom. The van der Waals surface area contributed by atoms with Crippen LogP contribution in [0.25, 0.3) is 0 Å². The van der Waals surface area contributed by atoms with Gasteiger partial charge in [-0.1, -0.05) is 25.4 Å². The van der Waals surface area contributed by atoms with Gasteiger partial charge in [0.05, 0.1) is 0 Å². The molecule has 1 aromatic rings. The summed E-state index contributed by atoms with van der Waals surface area (Å²) in [7, 11) is -3.57. The quantitative estimate of drug-likeness (QED) is 0.833. The van der Waals surface area contributed by atoms with Gasteiger partial charge in [-0.25, -0.2) is 0 Å². The minimum absolute atomic E-state index is 0.164. The fraction of sp³-hybridized carbons (Fsp3) is 0.600. The third-order valence-corrected chi connectivity index (χ3v) is 3.87. The Kier molecular flexibility index (Phi) is 5.77. The molecule has 0 fully saturated rings. The normalized spacial score (nSPS) is 11.8. The summed E-state index contributed by atoms with van der Waals surface area (Å²) in [5.74, 6) is 0.164. The molecule has 0 atom stereocenters. The molecule has 1 heterocycles. The molecule has 1 aromatic heterocycles. The van der Waals surface area contributed by atoms with Gasteiger partial charge in [-0.05, 0) is 25.0 Å².